The third kappa shape index (κ3) is 3.99. The topological polar surface area (TPSA) is 82.4 Å². The molecule has 0 aromatic carbocycles. The van der Waals surface area contributed by atoms with Crippen LogP contribution in [0.2, 0.25) is 0 Å². The molecule has 8 heteroatoms. The number of hydrogen-bond donors (Lipinski definition) is 1. The zero-order chi connectivity index (χ0) is 24.9. The molecule has 0 amide bonds. The molecular weight excluding hydrogens is 438 g/mol. The smallest absolute Gasteiger partial charge is 0.158 e. The highest BCUT2D eigenvalue weighted by Gasteiger charge is 2.25. The highest BCUT2D eigenvalue weighted by atomic mass is 16.1. The first-order valence-corrected chi connectivity index (χ1v) is 12.6. The number of Topliss-reactive ketones (excluding diaryl/α,β-unsaturated/α-hetero) is 1. The number of carbonyl (C=O) groups is 1. The molecule has 5 rings (SSSR count). The summed E-state index contributed by atoms with van der Waals surface area (Å²) in [6.45, 7) is 17.0. The van der Waals surface area contributed by atoms with Gasteiger partial charge in [0.05, 0.1) is 24.0 Å². The maximum absolute atomic E-state index is 11.9. The van der Waals surface area contributed by atoms with E-state index >= 15 is 0 Å². The molecule has 1 N–H and O–H groups in total. The Hall–Kier alpha value is -3.26. The first kappa shape index (κ1) is 23.5. The molecule has 0 atom stereocenters. The third-order valence-corrected chi connectivity index (χ3v) is 7.53. The fourth-order valence-electron chi connectivity index (χ4n) is 5.41. The van der Waals surface area contributed by atoms with Crippen molar-refractivity contribution in [1.82, 2.24) is 29.5 Å². The Labute approximate surface area is 206 Å². The molecule has 4 aromatic heterocycles. The molecule has 1 aliphatic heterocycles. The van der Waals surface area contributed by atoms with Crippen molar-refractivity contribution in [2.24, 2.45) is 0 Å². The molecule has 5 heterocycles. The number of piperazine rings is 1. The first-order chi connectivity index (χ1) is 16.8. The second-order valence-corrected chi connectivity index (χ2v) is 10.0. The molecule has 0 aliphatic carbocycles. The van der Waals surface area contributed by atoms with E-state index in [-0.39, 0.29) is 0 Å². The Morgan fingerprint density at radius 2 is 1.80 bits per heavy atom. The number of aromatic amines is 1. The van der Waals surface area contributed by atoms with Gasteiger partial charge in [0, 0.05) is 55.3 Å². The number of rotatable bonds is 6. The van der Waals surface area contributed by atoms with Gasteiger partial charge in [0.2, 0.25) is 0 Å². The van der Waals surface area contributed by atoms with E-state index in [4.69, 9.17) is 4.98 Å². The average molecular weight is 474 g/mol. The Bertz CT molecular complexity index is 1410. The molecule has 0 unspecified atom stereocenters. The van der Waals surface area contributed by atoms with Crippen molar-refractivity contribution in [1.29, 1.82) is 0 Å². The van der Waals surface area contributed by atoms with E-state index in [2.05, 4.69) is 65.7 Å². The first-order valence-electron chi connectivity index (χ1n) is 12.6. The summed E-state index contributed by atoms with van der Waals surface area (Å²) in [5, 5.41) is 5.67. The van der Waals surface area contributed by atoms with Crippen LogP contribution in [0.1, 0.15) is 55.4 Å². The summed E-state index contributed by atoms with van der Waals surface area (Å²) < 4.78 is 1.87. The predicted octanol–water partition coefficient (Wildman–Crippen LogP) is 4.42. The monoisotopic (exact) mass is 473 g/mol. The van der Waals surface area contributed by atoms with Crippen LogP contribution in [0.25, 0.3) is 27.8 Å². The third-order valence-electron chi connectivity index (χ3n) is 7.53. The molecule has 0 spiro atoms. The highest BCUT2D eigenvalue weighted by Crippen LogP contribution is 2.40. The second kappa shape index (κ2) is 9.07. The number of hydrogen-bond acceptors (Lipinski definition) is 6. The number of nitrogens with one attached hydrogen (secondary N) is 1. The van der Waals surface area contributed by atoms with Crippen LogP contribution in [0, 0.1) is 20.8 Å². The molecule has 184 valence electrons. The highest BCUT2D eigenvalue weighted by molar-refractivity contribution is 5.96. The average Bonchev–Trinajstić information content (AvgIpc) is 3.47. The molecule has 1 saturated heterocycles. The Morgan fingerprint density at radius 3 is 2.49 bits per heavy atom. The van der Waals surface area contributed by atoms with Crippen LogP contribution >= 0.6 is 0 Å². The van der Waals surface area contributed by atoms with Gasteiger partial charge >= 0.3 is 0 Å². The van der Waals surface area contributed by atoms with Gasteiger partial charge in [0.1, 0.15) is 17.9 Å². The van der Waals surface area contributed by atoms with Crippen LogP contribution in [0.3, 0.4) is 0 Å². The molecular formula is C27H35N7O. The van der Waals surface area contributed by atoms with Crippen LogP contribution in [0.5, 0.6) is 0 Å². The molecule has 8 nitrogen and oxygen atoms in total. The van der Waals surface area contributed by atoms with Crippen LogP contribution in [-0.2, 0) is 4.79 Å². The number of nitrogens with zero attached hydrogens (tertiary/aromatic N) is 6. The van der Waals surface area contributed by atoms with Gasteiger partial charge < -0.3 is 9.88 Å². The minimum atomic E-state index is 0.310. The fourth-order valence-corrected chi connectivity index (χ4v) is 5.41. The standard InChI is InChI=1S/C27H35N7O/c1-7-20(35)13-32-8-10-33(11-9-32)26-19(6)24-22(12-28-26)31-25(23(24)16(2)3)21-14-34-27(29-15-30-34)18(5)17(21)4/h12,14-16,31H,7-11,13H2,1-6H3. The lowest BCUT2D eigenvalue weighted by Gasteiger charge is -2.35. The summed E-state index contributed by atoms with van der Waals surface area (Å²) >= 11 is 0. The minimum absolute atomic E-state index is 0.310. The molecule has 0 radical (unpaired) electrons. The van der Waals surface area contributed by atoms with Crippen molar-refractivity contribution in [3.05, 3.63) is 41.0 Å². The van der Waals surface area contributed by atoms with Crippen LogP contribution in [0.4, 0.5) is 5.82 Å². The van der Waals surface area contributed by atoms with E-state index < -0.39 is 0 Å². The Balaban J connectivity index is 1.56. The molecule has 1 aliphatic rings. The largest absolute Gasteiger partial charge is 0.354 e. The summed E-state index contributed by atoms with van der Waals surface area (Å²) in [4.78, 5) is 29.5. The van der Waals surface area contributed by atoms with Crippen LogP contribution in [-0.4, -0.2) is 68.0 Å². The van der Waals surface area contributed by atoms with E-state index in [0.717, 1.165) is 60.0 Å². The SMILES string of the molecule is CCC(=O)CN1CCN(c2ncc3[nH]c(-c4cn5ncnc5c(C)c4C)c(C(C)C)c3c2C)CC1. The predicted molar refractivity (Wildman–Crippen MR) is 140 cm³/mol. The number of aromatic nitrogens is 5. The molecule has 1 fully saturated rings. The number of ketones is 1. The molecule has 4 aromatic rings. The maximum atomic E-state index is 11.9. The van der Waals surface area contributed by atoms with Gasteiger partial charge in [-0.15, -0.1) is 0 Å². The lowest BCUT2D eigenvalue weighted by molar-refractivity contribution is -0.119. The summed E-state index contributed by atoms with van der Waals surface area (Å²) in [5.74, 6) is 1.69. The van der Waals surface area contributed by atoms with Crippen molar-refractivity contribution in [3.63, 3.8) is 0 Å². The lowest BCUT2D eigenvalue weighted by Crippen LogP contribution is -2.48. The van der Waals surface area contributed by atoms with Gasteiger partial charge in [-0.1, -0.05) is 20.8 Å². The van der Waals surface area contributed by atoms with Gasteiger partial charge in [-0.05, 0) is 43.4 Å². The number of aryl methyl sites for hydroxylation is 2. The van der Waals surface area contributed by atoms with E-state index in [1.165, 1.54) is 22.1 Å². The summed E-state index contributed by atoms with van der Waals surface area (Å²) in [5.41, 5.74) is 9.12. The maximum Gasteiger partial charge on any atom is 0.158 e. The van der Waals surface area contributed by atoms with E-state index in [1.807, 2.05) is 17.6 Å². The summed E-state index contributed by atoms with van der Waals surface area (Å²) in [6.07, 6.45) is 6.28. The molecule has 0 saturated carbocycles. The van der Waals surface area contributed by atoms with Crippen LogP contribution < -0.4 is 4.90 Å². The van der Waals surface area contributed by atoms with Gasteiger partial charge in [-0.25, -0.2) is 14.5 Å². The zero-order valence-corrected chi connectivity index (χ0v) is 21.6. The van der Waals surface area contributed by atoms with Crippen molar-refractivity contribution < 1.29 is 4.79 Å². The van der Waals surface area contributed by atoms with E-state index in [0.29, 0.717) is 24.7 Å². The second-order valence-electron chi connectivity index (χ2n) is 10.0. The minimum Gasteiger partial charge on any atom is -0.354 e. The lowest BCUT2D eigenvalue weighted by atomic mass is 9.92. The summed E-state index contributed by atoms with van der Waals surface area (Å²) in [7, 11) is 0. The van der Waals surface area contributed by atoms with E-state index in [9.17, 15) is 4.79 Å². The van der Waals surface area contributed by atoms with Crippen molar-refractivity contribution in [2.75, 3.05) is 37.6 Å². The number of fused-ring (bicyclic) bond motifs is 2. The van der Waals surface area contributed by atoms with Gasteiger partial charge in [0.15, 0.2) is 5.65 Å². The van der Waals surface area contributed by atoms with Crippen molar-refractivity contribution >= 4 is 28.2 Å². The molecule has 0 bridgehead atoms. The Kier molecular flexibility index (Phi) is 6.09. The number of H-pyrrole nitrogens is 1. The normalized spacial score (nSPS) is 15.1. The Morgan fingerprint density at radius 1 is 1.06 bits per heavy atom. The van der Waals surface area contributed by atoms with Gasteiger partial charge in [-0.3, -0.25) is 9.69 Å². The van der Waals surface area contributed by atoms with Gasteiger partial charge in [0.25, 0.3) is 0 Å². The van der Waals surface area contributed by atoms with Crippen molar-refractivity contribution in [2.45, 2.75) is 53.9 Å². The van der Waals surface area contributed by atoms with Crippen molar-refractivity contribution in [3.8, 4) is 11.3 Å². The number of pyridine rings is 2. The fraction of sp³-hybridized carbons (Fsp3) is 0.481. The quantitative estimate of drug-likeness (QED) is 0.446. The molecule has 35 heavy (non-hydrogen) atoms. The van der Waals surface area contributed by atoms with E-state index in [1.54, 1.807) is 6.33 Å². The number of carbonyl (C=O) groups excluding carboxylic acids is 1. The van der Waals surface area contributed by atoms with Gasteiger partial charge in [-0.2, -0.15) is 5.10 Å². The zero-order valence-electron chi connectivity index (χ0n) is 21.6. The number of anilines is 1. The summed E-state index contributed by atoms with van der Waals surface area (Å²) in [6, 6.07) is 0. The van der Waals surface area contributed by atoms with Crippen LogP contribution in [0.15, 0.2) is 18.7 Å².